The molecule has 0 unspecified atom stereocenters. The van der Waals surface area contributed by atoms with Gasteiger partial charge >= 0.3 is 0 Å². The van der Waals surface area contributed by atoms with Crippen LogP contribution in [0.2, 0.25) is 0 Å². The molecule has 2 aromatic heterocycles. The monoisotopic (exact) mass is 404 g/mol. The van der Waals surface area contributed by atoms with E-state index in [0.717, 1.165) is 37.0 Å². The summed E-state index contributed by atoms with van der Waals surface area (Å²) >= 11 is 1.27. The Labute approximate surface area is 157 Å². The van der Waals surface area contributed by atoms with Crippen molar-refractivity contribution >= 4 is 33.8 Å². The van der Waals surface area contributed by atoms with Crippen molar-refractivity contribution in [1.82, 2.24) is 14.4 Å². The van der Waals surface area contributed by atoms with E-state index in [0.29, 0.717) is 35.4 Å². The van der Waals surface area contributed by atoms with Crippen LogP contribution in [0.25, 0.3) is 0 Å². The van der Waals surface area contributed by atoms with E-state index in [-0.39, 0.29) is 12.4 Å². The maximum absolute atomic E-state index is 12.6. The molecule has 25 heavy (non-hydrogen) atoms. The fourth-order valence-corrected chi connectivity index (χ4v) is 6.13. The van der Waals surface area contributed by atoms with E-state index >= 15 is 0 Å². The van der Waals surface area contributed by atoms with E-state index in [1.807, 2.05) is 6.07 Å². The summed E-state index contributed by atoms with van der Waals surface area (Å²) in [4.78, 5) is 5.28. The van der Waals surface area contributed by atoms with Gasteiger partial charge in [-0.15, -0.1) is 23.7 Å². The Morgan fingerprint density at radius 1 is 1.24 bits per heavy atom. The van der Waals surface area contributed by atoms with Crippen molar-refractivity contribution in [3.63, 3.8) is 0 Å². The number of hydrogen-bond donors (Lipinski definition) is 1. The molecule has 4 rings (SSSR count). The lowest BCUT2D eigenvalue weighted by molar-refractivity contribution is 0.229. The molecule has 1 saturated carbocycles. The predicted octanol–water partition coefficient (Wildman–Crippen LogP) is 2.27. The first-order valence-corrected chi connectivity index (χ1v) is 10.4. The molecule has 2 N–H and O–H groups in total. The van der Waals surface area contributed by atoms with Gasteiger partial charge in [-0.3, -0.25) is 0 Å². The molecular formula is C15H21ClN4O3S2. The van der Waals surface area contributed by atoms with E-state index in [1.54, 1.807) is 10.4 Å². The van der Waals surface area contributed by atoms with E-state index in [1.165, 1.54) is 11.3 Å². The number of nitrogens with two attached hydrogens (primary N) is 1. The van der Waals surface area contributed by atoms with Crippen LogP contribution in [0.5, 0.6) is 0 Å². The molecular weight excluding hydrogens is 384 g/mol. The molecule has 1 saturated heterocycles. The molecule has 0 amide bonds. The Morgan fingerprint density at radius 3 is 2.60 bits per heavy atom. The van der Waals surface area contributed by atoms with Gasteiger partial charge in [-0.2, -0.15) is 9.29 Å². The van der Waals surface area contributed by atoms with Crippen molar-refractivity contribution in [3.05, 3.63) is 28.7 Å². The van der Waals surface area contributed by atoms with Crippen LogP contribution in [-0.4, -0.2) is 36.0 Å². The Morgan fingerprint density at radius 2 is 1.96 bits per heavy atom. The molecule has 10 heteroatoms. The highest BCUT2D eigenvalue weighted by atomic mass is 35.5. The van der Waals surface area contributed by atoms with Crippen LogP contribution >= 0.6 is 23.7 Å². The molecule has 0 aromatic carbocycles. The van der Waals surface area contributed by atoms with E-state index in [2.05, 4.69) is 10.1 Å². The molecule has 2 aromatic rings. The third kappa shape index (κ3) is 3.48. The molecule has 0 bridgehead atoms. The first-order valence-electron chi connectivity index (χ1n) is 8.18. The summed E-state index contributed by atoms with van der Waals surface area (Å²) in [5, 5.41) is 3.99. The molecule has 2 aliphatic rings. The highest BCUT2D eigenvalue weighted by molar-refractivity contribution is 7.91. The van der Waals surface area contributed by atoms with Gasteiger partial charge in [0.1, 0.15) is 4.21 Å². The van der Waals surface area contributed by atoms with Gasteiger partial charge in [0.05, 0.1) is 12.0 Å². The van der Waals surface area contributed by atoms with Gasteiger partial charge in [0.15, 0.2) is 5.82 Å². The predicted molar refractivity (Wildman–Crippen MR) is 96.4 cm³/mol. The van der Waals surface area contributed by atoms with Crippen molar-refractivity contribution in [1.29, 1.82) is 0 Å². The number of rotatable bonds is 5. The number of thiophene rings is 1. The zero-order valence-electron chi connectivity index (χ0n) is 13.7. The van der Waals surface area contributed by atoms with Gasteiger partial charge in [-0.05, 0) is 44.2 Å². The van der Waals surface area contributed by atoms with Crippen molar-refractivity contribution in [3.8, 4) is 0 Å². The zero-order valence-corrected chi connectivity index (χ0v) is 16.1. The molecule has 0 atom stereocenters. The average Bonchev–Trinajstić information content (AvgIpc) is 3.26. The minimum Gasteiger partial charge on any atom is -0.339 e. The topological polar surface area (TPSA) is 102 Å². The molecule has 1 aliphatic carbocycles. The van der Waals surface area contributed by atoms with Gasteiger partial charge in [0, 0.05) is 18.0 Å². The SMILES string of the molecule is Cl.NC1(c2noc(Cc3ccc(S(=O)(=O)N4CCCC4)s3)n2)CCC1. The summed E-state index contributed by atoms with van der Waals surface area (Å²) in [6.07, 6.45) is 5.14. The Kier molecular flexibility index (Phi) is 5.23. The molecule has 0 spiro atoms. The Balaban J connectivity index is 0.00000182. The molecule has 7 nitrogen and oxygen atoms in total. The first-order chi connectivity index (χ1) is 11.5. The van der Waals surface area contributed by atoms with Crippen LogP contribution < -0.4 is 5.73 Å². The van der Waals surface area contributed by atoms with Crippen molar-refractivity contribution < 1.29 is 12.9 Å². The van der Waals surface area contributed by atoms with E-state index in [9.17, 15) is 8.42 Å². The molecule has 138 valence electrons. The molecule has 1 aliphatic heterocycles. The number of aromatic nitrogens is 2. The second-order valence-corrected chi connectivity index (χ2v) is 9.86. The highest BCUT2D eigenvalue weighted by Crippen LogP contribution is 2.37. The van der Waals surface area contributed by atoms with Gasteiger partial charge in [-0.25, -0.2) is 8.42 Å². The summed E-state index contributed by atoms with van der Waals surface area (Å²) in [5.41, 5.74) is 5.75. The van der Waals surface area contributed by atoms with Crippen LogP contribution in [0.3, 0.4) is 0 Å². The summed E-state index contributed by atoms with van der Waals surface area (Å²) in [6, 6.07) is 3.49. The van der Waals surface area contributed by atoms with E-state index in [4.69, 9.17) is 10.3 Å². The minimum atomic E-state index is -3.36. The number of nitrogens with zero attached hydrogens (tertiary/aromatic N) is 3. The minimum absolute atomic E-state index is 0. The number of hydrogen-bond acceptors (Lipinski definition) is 7. The third-order valence-electron chi connectivity index (χ3n) is 4.78. The lowest BCUT2D eigenvalue weighted by atomic mass is 9.77. The molecule has 2 fully saturated rings. The van der Waals surface area contributed by atoms with Crippen LogP contribution in [0, 0.1) is 0 Å². The van der Waals surface area contributed by atoms with Crippen molar-refractivity contribution in [2.75, 3.05) is 13.1 Å². The number of halogens is 1. The standard InChI is InChI=1S/C15H20N4O3S2.ClH/c16-15(6-3-7-15)14-17-12(22-18-14)10-11-4-5-13(23-11)24(20,21)19-8-1-2-9-19;/h4-5H,1-3,6-10,16H2;1H. The van der Waals surface area contributed by atoms with Crippen LogP contribution in [0.1, 0.15) is 48.7 Å². The second-order valence-electron chi connectivity index (χ2n) is 6.53. The van der Waals surface area contributed by atoms with Crippen molar-refractivity contribution in [2.45, 2.75) is 48.3 Å². The van der Waals surface area contributed by atoms with Gasteiger partial charge in [0.25, 0.3) is 10.0 Å². The van der Waals surface area contributed by atoms with Crippen LogP contribution in [-0.2, 0) is 22.0 Å². The van der Waals surface area contributed by atoms with Crippen LogP contribution in [0.4, 0.5) is 0 Å². The summed E-state index contributed by atoms with van der Waals surface area (Å²) in [7, 11) is -3.36. The highest BCUT2D eigenvalue weighted by Gasteiger charge is 2.39. The van der Waals surface area contributed by atoms with Crippen LogP contribution in [0.15, 0.2) is 20.9 Å². The average molecular weight is 405 g/mol. The zero-order chi connectivity index (χ0) is 16.8. The van der Waals surface area contributed by atoms with E-state index < -0.39 is 15.6 Å². The van der Waals surface area contributed by atoms with Gasteiger partial charge in [0.2, 0.25) is 5.89 Å². The largest absolute Gasteiger partial charge is 0.339 e. The lowest BCUT2D eigenvalue weighted by Gasteiger charge is -2.34. The molecule has 0 radical (unpaired) electrons. The second kappa shape index (κ2) is 6.96. The quantitative estimate of drug-likeness (QED) is 0.819. The summed E-state index contributed by atoms with van der Waals surface area (Å²) < 4.78 is 32.3. The van der Waals surface area contributed by atoms with Crippen molar-refractivity contribution in [2.24, 2.45) is 5.73 Å². The maximum atomic E-state index is 12.6. The summed E-state index contributed by atoms with van der Waals surface area (Å²) in [6.45, 7) is 1.22. The smallest absolute Gasteiger partial charge is 0.252 e. The van der Waals surface area contributed by atoms with Gasteiger partial charge in [-0.1, -0.05) is 5.16 Å². The first kappa shape index (κ1) is 18.8. The Bertz CT molecular complexity index is 839. The lowest BCUT2D eigenvalue weighted by Crippen LogP contribution is -2.44. The maximum Gasteiger partial charge on any atom is 0.252 e. The fourth-order valence-electron chi connectivity index (χ4n) is 3.11. The third-order valence-corrected chi connectivity index (χ3v) is 8.23. The van der Waals surface area contributed by atoms with Gasteiger partial charge < -0.3 is 10.3 Å². The normalized spacial score (nSPS) is 20.2. The fraction of sp³-hybridized carbons (Fsp3) is 0.600. The summed E-state index contributed by atoms with van der Waals surface area (Å²) in [5.74, 6) is 1.04. The Hall–Kier alpha value is -1.00. The number of sulfonamides is 1. The molecule has 3 heterocycles.